The van der Waals surface area contributed by atoms with Gasteiger partial charge in [-0.2, -0.15) is 0 Å². The molecule has 1 rings (SSSR count). The Morgan fingerprint density at radius 2 is 1.93 bits per heavy atom. The Kier molecular flexibility index (Phi) is 3.64. The molecule has 0 spiro atoms. The molecule has 0 aliphatic heterocycles. The second kappa shape index (κ2) is 4.58. The minimum atomic E-state index is 0.0260. The van der Waals surface area contributed by atoms with E-state index >= 15 is 0 Å². The lowest BCUT2D eigenvalue weighted by atomic mass is 9.92. The van der Waals surface area contributed by atoms with Crippen molar-refractivity contribution < 1.29 is 4.79 Å². The van der Waals surface area contributed by atoms with Gasteiger partial charge in [0, 0.05) is 5.56 Å². The molecule has 0 aliphatic carbocycles. The van der Waals surface area contributed by atoms with Crippen molar-refractivity contribution >= 4 is 5.78 Å². The van der Waals surface area contributed by atoms with Crippen LogP contribution in [0.25, 0.3) is 0 Å². The molecule has 0 aliphatic rings. The van der Waals surface area contributed by atoms with E-state index in [1.54, 1.807) is 0 Å². The van der Waals surface area contributed by atoms with Gasteiger partial charge in [-0.05, 0) is 42.5 Å². The Bertz CT molecular complexity index is 380. The summed E-state index contributed by atoms with van der Waals surface area (Å²) in [5, 5.41) is 0. The summed E-state index contributed by atoms with van der Waals surface area (Å²) >= 11 is 0. The van der Waals surface area contributed by atoms with E-state index in [4.69, 9.17) is 5.73 Å². The van der Waals surface area contributed by atoms with Crippen LogP contribution in [0.2, 0.25) is 0 Å². The largest absolute Gasteiger partial charge is 0.324 e. The third-order valence-corrected chi connectivity index (χ3v) is 2.84. The van der Waals surface area contributed by atoms with Crippen LogP contribution >= 0.6 is 0 Å². The fourth-order valence-corrected chi connectivity index (χ4v) is 1.62. The van der Waals surface area contributed by atoms with Gasteiger partial charge < -0.3 is 5.73 Å². The monoisotopic (exact) mass is 205 g/mol. The first kappa shape index (κ1) is 11.9. The average Bonchev–Trinajstić information content (AvgIpc) is 2.20. The summed E-state index contributed by atoms with van der Waals surface area (Å²) < 4.78 is 0. The maximum Gasteiger partial charge on any atom is 0.176 e. The minimum absolute atomic E-state index is 0.0260. The molecule has 2 heteroatoms. The normalized spacial score (nSPS) is 10.8. The summed E-state index contributed by atoms with van der Waals surface area (Å²) in [4.78, 5) is 11.6. The predicted octanol–water partition coefficient (Wildman–Crippen LogP) is 2.57. The fraction of sp³-hybridized carbons (Fsp3) is 0.462. The van der Waals surface area contributed by atoms with E-state index in [0.717, 1.165) is 16.7 Å². The molecule has 2 N–H and O–H groups in total. The van der Waals surface area contributed by atoms with E-state index in [2.05, 4.69) is 19.9 Å². The molecule has 0 radical (unpaired) electrons. The molecule has 0 fully saturated rings. The molecule has 0 atom stereocenters. The first-order valence-electron chi connectivity index (χ1n) is 5.31. The zero-order valence-electron chi connectivity index (χ0n) is 9.92. The van der Waals surface area contributed by atoms with Gasteiger partial charge in [0.05, 0.1) is 6.54 Å². The van der Waals surface area contributed by atoms with Crippen LogP contribution in [0.15, 0.2) is 12.1 Å². The number of hydrogen-bond donors (Lipinski definition) is 1. The summed E-state index contributed by atoms with van der Waals surface area (Å²) in [7, 11) is 0. The van der Waals surface area contributed by atoms with Crippen LogP contribution in [0.1, 0.15) is 46.8 Å². The molecule has 0 saturated heterocycles. The van der Waals surface area contributed by atoms with Gasteiger partial charge in [0.15, 0.2) is 5.78 Å². The van der Waals surface area contributed by atoms with Crippen LogP contribution in [0, 0.1) is 13.8 Å². The highest BCUT2D eigenvalue weighted by Crippen LogP contribution is 2.22. The second-order valence-corrected chi connectivity index (χ2v) is 4.29. The fourth-order valence-electron chi connectivity index (χ4n) is 1.62. The second-order valence-electron chi connectivity index (χ2n) is 4.29. The van der Waals surface area contributed by atoms with Gasteiger partial charge in [-0.25, -0.2) is 0 Å². The maximum absolute atomic E-state index is 11.6. The SMILES string of the molecule is Cc1cc(C(C)C)cc(C(=O)CN)c1C. The molecule has 82 valence electrons. The highest BCUT2D eigenvalue weighted by atomic mass is 16.1. The summed E-state index contributed by atoms with van der Waals surface area (Å²) in [6.07, 6.45) is 0. The van der Waals surface area contributed by atoms with Crippen molar-refractivity contribution in [3.8, 4) is 0 Å². The number of rotatable bonds is 3. The molecule has 0 heterocycles. The maximum atomic E-state index is 11.6. The van der Waals surface area contributed by atoms with Crippen molar-refractivity contribution in [2.45, 2.75) is 33.6 Å². The number of ketones is 1. The summed E-state index contributed by atoms with van der Waals surface area (Å²) in [6, 6.07) is 4.12. The highest BCUT2D eigenvalue weighted by Gasteiger charge is 2.11. The Morgan fingerprint density at radius 1 is 1.33 bits per heavy atom. The molecular formula is C13H19NO. The average molecular weight is 205 g/mol. The van der Waals surface area contributed by atoms with Gasteiger partial charge in [-0.15, -0.1) is 0 Å². The predicted molar refractivity (Wildman–Crippen MR) is 63.4 cm³/mol. The van der Waals surface area contributed by atoms with Gasteiger partial charge in [0.1, 0.15) is 0 Å². The zero-order valence-corrected chi connectivity index (χ0v) is 9.92. The molecule has 15 heavy (non-hydrogen) atoms. The standard InChI is InChI=1S/C13H19NO/c1-8(2)11-5-9(3)10(4)12(6-11)13(15)7-14/h5-6,8H,7,14H2,1-4H3. The molecule has 1 aromatic carbocycles. The quantitative estimate of drug-likeness (QED) is 0.771. The topological polar surface area (TPSA) is 43.1 Å². The Balaban J connectivity index is 3.31. The van der Waals surface area contributed by atoms with Crippen molar-refractivity contribution in [3.05, 3.63) is 34.4 Å². The molecule has 0 bridgehead atoms. The van der Waals surface area contributed by atoms with Crippen LogP contribution in [-0.4, -0.2) is 12.3 Å². The van der Waals surface area contributed by atoms with Crippen molar-refractivity contribution in [1.29, 1.82) is 0 Å². The van der Waals surface area contributed by atoms with E-state index in [0.29, 0.717) is 5.92 Å². The molecular weight excluding hydrogens is 186 g/mol. The van der Waals surface area contributed by atoms with Crippen molar-refractivity contribution in [3.63, 3.8) is 0 Å². The van der Waals surface area contributed by atoms with Gasteiger partial charge >= 0.3 is 0 Å². The van der Waals surface area contributed by atoms with Crippen molar-refractivity contribution in [1.82, 2.24) is 0 Å². The van der Waals surface area contributed by atoms with E-state index in [9.17, 15) is 4.79 Å². The summed E-state index contributed by atoms with van der Waals surface area (Å²) in [6.45, 7) is 8.35. The van der Waals surface area contributed by atoms with Crippen molar-refractivity contribution in [2.24, 2.45) is 5.73 Å². The number of aryl methyl sites for hydroxylation is 1. The summed E-state index contributed by atoms with van der Waals surface area (Å²) in [5.41, 5.74) is 9.60. The van der Waals surface area contributed by atoms with E-state index < -0.39 is 0 Å². The zero-order chi connectivity index (χ0) is 11.6. The van der Waals surface area contributed by atoms with Crippen LogP contribution in [0.4, 0.5) is 0 Å². The van der Waals surface area contributed by atoms with Crippen molar-refractivity contribution in [2.75, 3.05) is 6.54 Å². The number of nitrogens with two attached hydrogens (primary N) is 1. The third-order valence-electron chi connectivity index (χ3n) is 2.84. The van der Waals surface area contributed by atoms with Crippen LogP contribution < -0.4 is 5.73 Å². The molecule has 0 amide bonds. The molecule has 0 aromatic heterocycles. The van der Waals surface area contributed by atoms with Gasteiger partial charge in [0.2, 0.25) is 0 Å². The van der Waals surface area contributed by atoms with E-state index in [1.165, 1.54) is 5.56 Å². The van der Waals surface area contributed by atoms with Crippen LogP contribution in [0.3, 0.4) is 0 Å². The number of carbonyl (C=O) groups excluding carboxylic acids is 1. The Morgan fingerprint density at radius 3 is 2.40 bits per heavy atom. The highest BCUT2D eigenvalue weighted by molar-refractivity contribution is 5.99. The van der Waals surface area contributed by atoms with Gasteiger partial charge in [-0.3, -0.25) is 4.79 Å². The van der Waals surface area contributed by atoms with Gasteiger partial charge in [0.25, 0.3) is 0 Å². The lowest BCUT2D eigenvalue weighted by Gasteiger charge is -2.13. The van der Waals surface area contributed by atoms with E-state index in [1.807, 2.05) is 19.9 Å². The minimum Gasteiger partial charge on any atom is -0.324 e. The first-order chi connectivity index (χ1) is 6.97. The number of hydrogen-bond acceptors (Lipinski definition) is 2. The third kappa shape index (κ3) is 2.45. The smallest absolute Gasteiger partial charge is 0.176 e. The number of benzene rings is 1. The van der Waals surface area contributed by atoms with Gasteiger partial charge in [-0.1, -0.05) is 19.9 Å². The molecule has 2 nitrogen and oxygen atoms in total. The molecule has 1 aromatic rings. The lowest BCUT2D eigenvalue weighted by molar-refractivity contribution is 0.100. The Labute approximate surface area is 91.5 Å². The van der Waals surface area contributed by atoms with E-state index in [-0.39, 0.29) is 12.3 Å². The first-order valence-corrected chi connectivity index (χ1v) is 5.31. The lowest BCUT2D eigenvalue weighted by Crippen LogP contribution is -2.15. The Hall–Kier alpha value is -1.15. The van der Waals surface area contributed by atoms with Crippen LogP contribution in [-0.2, 0) is 0 Å². The number of Topliss-reactive ketones (excluding diaryl/α,β-unsaturated/α-hetero) is 1. The molecule has 0 unspecified atom stereocenters. The van der Waals surface area contributed by atoms with Crippen LogP contribution in [0.5, 0.6) is 0 Å². The summed E-state index contributed by atoms with van der Waals surface area (Å²) in [5.74, 6) is 0.465. The number of carbonyl (C=O) groups is 1. The molecule has 0 saturated carbocycles.